The summed E-state index contributed by atoms with van der Waals surface area (Å²) in [5, 5.41) is 28.3. The Bertz CT molecular complexity index is 4530. The second-order valence-electron chi connectivity index (χ2n) is 21.4. The fourth-order valence-electron chi connectivity index (χ4n) is 10.7. The molecule has 20 heteroatoms. The van der Waals surface area contributed by atoms with Crippen LogP contribution >= 0.6 is 22.7 Å². The summed E-state index contributed by atoms with van der Waals surface area (Å²) in [6, 6.07) is 46.8. The third-order valence-corrected chi connectivity index (χ3v) is 16.6. The highest BCUT2D eigenvalue weighted by Gasteiger charge is 2.22. The summed E-state index contributed by atoms with van der Waals surface area (Å²) < 4.78 is 4.28. The predicted octanol–water partition coefficient (Wildman–Crippen LogP) is 15.5. The van der Waals surface area contributed by atoms with Gasteiger partial charge in [0.25, 0.3) is 0 Å². The topological polar surface area (TPSA) is 220 Å². The number of aromatic nitrogens is 2. The van der Waals surface area contributed by atoms with Gasteiger partial charge in [-0.05, 0) is 152 Å². The number of nitrogens with zero attached hydrogens (tertiary/aromatic N) is 7. The Morgan fingerprint density at radius 1 is 0.356 bits per heavy atom. The molecule has 0 N–H and O–H groups in total. The van der Waals surface area contributed by atoms with Crippen LogP contribution in [-0.4, -0.2) is 73.3 Å². The molecule has 0 saturated heterocycles. The second kappa shape index (κ2) is 28.7. The third kappa shape index (κ3) is 14.8. The van der Waals surface area contributed by atoms with E-state index in [0.29, 0.717) is 51.8 Å². The van der Waals surface area contributed by atoms with E-state index in [-0.39, 0.29) is 5.78 Å². The van der Waals surface area contributed by atoms with Gasteiger partial charge in [-0.1, -0.05) is 106 Å². The summed E-state index contributed by atoms with van der Waals surface area (Å²) in [5.74, 6) is -2.72. The van der Waals surface area contributed by atoms with Crippen molar-refractivity contribution in [2.45, 2.75) is 99.8 Å². The third-order valence-electron chi connectivity index (χ3n) is 14.9. The summed E-state index contributed by atoms with van der Waals surface area (Å²) in [5.41, 5.74) is 12.4. The Morgan fingerprint density at radius 2 is 0.689 bits per heavy atom. The van der Waals surface area contributed by atoms with Crippen molar-refractivity contribution in [2.75, 3.05) is 0 Å². The van der Waals surface area contributed by atoms with Crippen LogP contribution in [0.3, 0.4) is 0 Å². The minimum Gasteiger partial charge on any atom is -0.318 e. The Kier molecular flexibility index (Phi) is 20.0. The van der Waals surface area contributed by atoms with Crippen molar-refractivity contribution in [3.05, 3.63) is 199 Å². The van der Waals surface area contributed by atoms with E-state index in [0.717, 1.165) is 126 Å². The normalized spacial score (nSPS) is 12.5. The molecule has 0 aliphatic carbocycles. The molecule has 0 atom stereocenters. The van der Waals surface area contributed by atoms with E-state index < -0.39 is 29.8 Å². The number of benzene rings is 6. The van der Waals surface area contributed by atoms with E-state index in [1.165, 1.54) is 57.3 Å². The molecule has 0 bridgehead atoms. The van der Waals surface area contributed by atoms with E-state index >= 15 is 0 Å². The Hall–Kier alpha value is -10.3. The van der Waals surface area contributed by atoms with Gasteiger partial charge in [-0.25, -0.2) is 24.0 Å². The number of unbranched alkanes of at least 4 members (excludes halogenated alkanes) is 5. The van der Waals surface area contributed by atoms with Crippen LogP contribution in [0.2, 0.25) is 0 Å². The molecule has 456 valence electrons. The molecule has 4 aromatic heterocycles. The molecule has 0 fully saturated rings. The first kappa shape index (κ1) is 62.7. The summed E-state index contributed by atoms with van der Waals surface area (Å²) in [7, 11) is 0. The first-order chi connectivity index (χ1) is 43.5. The molecule has 18 nitrogen and oxygen atoms in total. The Balaban J connectivity index is 0.870. The molecule has 10 rings (SSSR count). The van der Waals surface area contributed by atoms with Crippen LogP contribution in [0.5, 0.6) is 0 Å². The van der Waals surface area contributed by atoms with Crippen molar-refractivity contribution in [2.24, 2.45) is 25.8 Å². The number of hydrogen-bond donors (Lipinski definition) is 0. The quantitative estimate of drug-likeness (QED) is 0.0182. The molecule has 4 heterocycles. The zero-order valence-electron chi connectivity index (χ0n) is 50.6. The molecule has 90 heavy (non-hydrogen) atoms. The van der Waals surface area contributed by atoms with E-state index in [2.05, 4.69) is 41.0 Å². The number of rotatable bonds is 24. The van der Waals surface area contributed by atoms with Crippen molar-refractivity contribution in [1.82, 2.24) is 9.13 Å². The summed E-state index contributed by atoms with van der Waals surface area (Å²) >= 11 is 2.86. The van der Waals surface area contributed by atoms with Crippen LogP contribution in [0.15, 0.2) is 182 Å². The lowest BCUT2D eigenvalue weighted by Crippen LogP contribution is -2.05. The van der Waals surface area contributed by atoms with E-state index in [9.17, 15) is 28.8 Å². The van der Waals surface area contributed by atoms with Gasteiger partial charge in [0.2, 0.25) is 5.78 Å². The molecule has 0 amide bonds. The molecule has 0 radical (unpaired) electrons. The number of ketones is 1. The molecule has 10 aromatic rings. The van der Waals surface area contributed by atoms with Crippen molar-refractivity contribution in [3.63, 3.8) is 0 Å². The van der Waals surface area contributed by atoms with Crippen molar-refractivity contribution >= 4 is 130 Å². The number of carbonyl (C=O) groups excluding carboxylic acids is 6. The van der Waals surface area contributed by atoms with E-state index in [1.54, 1.807) is 13.8 Å². The molecule has 6 aromatic carbocycles. The van der Waals surface area contributed by atoms with E-state index in [1.807, 2.05) is 150 Å². The van der Waals surface area contributed by atoms with Gasteiger partial charge < -0.3 is 33.3 Å². The molecule has 0 unspecified atom stereocenters. The highest BCUT2D eigenvalue weighted by molar-refractivity contribution is 7.12. The number of thiophene rings is 2. The molecule has 0 aliphatic rings. The molecule has 0 aliphatic heterocycles. The van der Waals surface area contributed by atoms with Crippen LogP contribution in [0.4, 0.5) is 0 Å². The average molecular weight is 1240 g/mol. The van der Waals surface area contributed by atoms with Gasteiger partial charge in [0.15, 0.2) is 0 Å². The van der Waals surface area contributed by atoms with Gasteiger partial charge in [0.05, 0.1) is 54.7 Å². The molecular weight excluding hydrogens is 1180 g/mol. The van der Waals surface area contributed by atoms with Crippen LogP contribution < -0.4 is 0 Å². The van der Waals surface area contributed by atoms with Crippen molar-refractivity contribution in [3.8, 4) is 11.4 Å². The van der Waals surface area contributed by atoms with E-state index in [4.69, 9.17) is 24.2 Å². The molecule has 0 saturated carbocycles. The minimum atomic E-state index is -0.544. The smallest absolute Gasteiger partial charge is 0.318 e. The van der Waals surface area contributed by atoms with Crippen LogP contribution in [0, 0.1) is 0 Å². The maximum Gasteiger partial charge on any atom is 0.332 e. The minimum absolute atomic E-state index is 0.0737. The van der Waals surface area contributed by atoms with Crippen molar-refractivity contribution in [1.29, 1.82) is 0 Å². The van der Waals surface area contributed by atoms with Gasteiger partial charge in [-0.15, -0.1) is 22.7 Å². The standard InChI is InChI=1S/C70H63N7O11S2/c1-42(71-84-44(3)78)49-20-28-55(29-21-49)76-63-32-24-51(38-57(63)59-40-53(26-34-65(59)76)69(75-88-48(7)82)67-18-14-36-89-67)61(73-86-46(5)80)16-12-10-8-9-11-13-17-62(74-87-47(6)81)52-25-33-64-58(39-52)60-41-54(70(83)68-19-15-37-90-68)27-35-66(60)77(64)56-30-22-50(23-31-56)43(2)72-85-45(4)79/h14-15,18-41H,8-13,16-17H2,1-7H3. The number of carbonyl (C=O) groups is 6. The lowest BCUT2D eigenvalue weighted by Gasteiger charge is -2.11. The highest BCUT2D eigenvalue weighted by Crippen LogP contribution is 2.37. The summed E-state index contributed by atoms with van der Waals surface area (Å²) in [6.07, 6.45) is 6.15. The van der Waals surface area contributed by atoms with Gasteiger partial charge >= 0.3 is 29.8 Å². The summed E-state index contributed by atoms with van der Waals surface area (Å²) in [4.78, 5) is 100. The van der Waals surface area contributed by atoms with Gasteiger partial charge in [-0.3, -0.25) is 4.79 Å². The average Bonchev–Trinajstić information content (AvgIpc) is 1.60. The van der Waals surface area contributed by atoms with Crippen LogP contribution in [-0.2, 0) is 48.2 Å². The number of oxime groups is 5. The second-order valence-corrected chi connectivity index (χ2v) is 23.3. The predicted molar refractivity (Wildman–Crippen MR) is 353 cm³/mol. The Labute approximate surface area is 526 Å². The van der Waals surface area contributed by atoms with Gasteiger partial charge in [0, 0.05) is 89.8 Å². The first-order valence-electron chi connectivity index (χ1n) is 29.2. The molecule has 0 spiro atoms. The lowest BCUT2D eigenvalue weighted by molar-refractivity contribution is -0.141. The SMILES string of the molecule is CC(=O)ON=C(C)c1ccc(-n2c3ccc(C(=O)c4cccs4)cc3c3cc(C(CCCCCCCCC(=NOC(C)=O)c4ccc5c(c4)c4cc(C(=NOC(C)=O)c6cccs6)ccc4n5-c4ccc(C(C)=NOC(C)=O)cc4)=NOC(C)=O)ccc32)cc1. The van der Waals surface area contributed by atoms with Gasteiger partial charge in [0.1, 0.15) is 5.71 Å². The van der Waals surface area contributed by atoms with Crippen LogP contribution in [0.1, 0.15) is 148 Å². The van der Waals surface area contributed by atoms with Crippen LogP contribution in [0.25, 0.3) is 55.0 Å². The number of hydrogen-bond acceptors (Lipinski definition) is 18. The maximum absolute atomic E-state index is 13.7. The fourth-order valence-corrected chi connectivity index (χ4v) is 12.1. The highest BCUT2D eigenvalue weighted by atomic mass is 32.1. The zero-order chi connectivity index (χ0) is 63.4. The fraction of sp³-hybridized carbons (Fsp3) is 0.214. The number of fused-ring (bicyclic) bond motifs is 6. The zero-order valence-corrected chi connectivity index (χ0v) is 52.2. The first-order valence-corrected chi connectivity index (χ1v) is 31.0. The van der Waals surface area contributed by atoms with Gasteiger partial charge in [-0.2, -0.15) is 0 Å². The monoisotopic (exact) mass is 1240 g/mol. The largest absolute Gasteiger partial charge is 0.332 e. The Morgan fingerprint density at radius 3 is 1.09 bits per heavy atom. The van der Waals surface area contributed by atoms with Crippen molar-refractivity contribution < 1.29 is 53.0 Å². The molecular formula is C70H63N7O11S2. The lowest BCUT2D eigenvalue weighted by atomic mass is 9.98. The summed E-state index contributed by atoms with van der Waals surface area (Å²) in [6.45, 7) is 10.1. The maximum atomic E-state index is 13.7.